The van der Waals surface area contributed by atoms with Crippen molar-refractivity contribution in [3.63, 3.8) is 0 Å². The Kier molecular flexibility index (Phi) is 3.45. The number of hydrogen-bond acceptors (Lipinski definition) is 6. The molecule has 2 atom stereocenters. The second kappa shape index (κ2) is 5.81. The van der Waals surface area contributed by atoms with Gasteiger partial charge in [-0.2, -0.15) is 0 Å². The fraction of sp³-hybridized carbons (Fsp3) is 0.421. The third-order valence-corrected chi connectivity index (χ3v) is 5.24. The summed E-state index contributed by atoms with van der Waals surface area (Å²) in [7, 11) is 1.68. The molecule has 2 aromatic rings. The van der Waals surface area contributed by atoms with Crippen LogP contribution in [0.1, 0.15) is 29.7 Å². The summed E-state index contributed by atoms with van der Waals surface area (Å²) in [5.74, 6) is 1.80. The van der Waals surface area contributed by atoms with Crippen LogP contribution in [0, 0.1) is 0 Å². The second-order valence-electron chi connectivity index (χ2n) is 6.81. The Bertz CT molecular complexity index is 839. The molecular weight excluding hydrogens is 316 g/mol. The van der Waals surface area contributed by atoms with Crippen molar-refractivity contribution in [2.45, 2.75) is 31.6 Å². The normalized spacial score (nSPS) is 24.2. The van der Waals surface area contributed by atoms with Crippen LogP contribution in [-0.2, 0) is 11.3 Å². The van der Waals surface area contributed by atoms with Crippen molar-refractivity contribution < 1.29 is 9.47 Å². The van der Waals surface area contributed by atoms with Gasteiger partial charge in [0, 0.05) is 24.7 Å². The number of methoxy groups -OCH3 is 1. The van der Waals surface area contributed by atoms with Crippen molar-refractivity contribution in [3.05, 3.63) is 47.4 Å². The van der Waals surface area contributed by atoms with E-state index >= 15 is 0 Å². The summed E-state index contributed by atoms with van der Waals surface area (Å²) in [5.41, 5.74) is 4.11. The van der Waals surface area contributed by atoms with E-state index in [1.54, 1.807) is 13.4 Å². The van der Waals surface area contributed by atoms with Crippen LogP contribution in [0.5, 0.6) is 5.75 Å². The van der Waals surface area contributed by atoms with E-state index in [1.807, 2.05) is 12.1 Å². The molecular formula is C19H20N4O2. The molecule has 0 aliphatic carbocycles. The number of fused-ring (bicyclic) bond motifs is 3. The van der Waals surface area contributed by atoms with Gasteiger partial charge in [0.2, 0.25) is 0 Å². The highest BCUT2D eigenvalue weighted by Gasteiger charge is 2.34. The smallest absolute Gasteiger partial charge is 0.132 e. The van der Waals surface area contributed by atoms with Gasteiger partial charge in [-0.25, -0.2) is 9.97 Å². The number of morpholine rings is 1. The molecule has 0 radical (unpaired) electrons. The molecule has 2 unspecified atom stereocenters. The number of aromatic nitrogens is 2. The van der Waals surface area contributed by atoms with Crippen molar-refractivity contribution >= 4 is 11.5 Å². The average molecular weight is 336 g/mol. The number of benzene rings is 1. The molecule has 128 valence electrons. The summed E-state index contributed by atoms with van der Waals surface area (Å²) in [6, 6.07) is 8.15. The van der Waals surface area contributed by atoms with Crippen molar-refractivity contribution in [3.8, 4) is 5.75 Å². The van der Waals surface area contributed by atoms with E-state index in [1.165, 1.54) is 5.56 Å². The molecule has 3 aliphatic rings. The lowest BCUT2D eigenvalue weighted by Crippen LogP contribution is -2.43. The van der Waals surface area contributed by atoms with Gasteiger partial charge < -0.3 is 14.4 Å². The number of nitrogens with zero attached hydrogens (tertiary/aromatic N) is 4. The molecule has 5 rings (SSSR count). The monoisotopic (exact) mass is 336 g/mol. The minimum absolute atomic E-state index is 0.339. The van der Waals surface area contributed by atoms with Crippen LogP contribution in [0.3, 0.4) is 0 Å². The van der Waals surface area contributed by atoms with Crippen LogP contribution in [0.25, 0.3) is 0 Å². The number of ether oxygens (including phenoxy) is 2. The fourth-order valence-electron chi connectivity index (χ4n) is 3.96. The topological polar surface area (TPSA) is 59.8 Å². The van der Waals surface area contributed by atoms with Gasteiger partial charge in [-0.15, -0.1) is 0 Å². The maximum Gasteiger partial charge on any atom is 0.132 e. The van der Waals surface area contributed by atoms with Crippen LogP contribution < -0.4 is 9.64 Å². The summed E-state index contributed by atoms with van der Waals surface area (Å²) in [5, 5.41) is 0. The zero-order chi connectivity index (χ0) is 16.8. The lowest BCUT2D eigenvalue weighted by atomic mass is 10.0. The summed E-state index contributed by atoms with van der Waals surface area (Å²) >= 11 is 0. The van der Waals surface area contributed by atoms with E-state index in [-0.39, 0.29) is 0 Å². The molecule has 0 N–H and O–H groups in total. The van der Waals surface area contributed by atoms with E-state index in [0.29, 0.717) is 18.8 Å². The molecule has 0 amide bonds. The Balaban J connectivity index is 1.47. The van der Waals surface area contributed by atoms with Crippen molar-refractivity contribution in [2.24, 2.45) is 4.99 Å². The Morgan fingerprint density at radius 3 is 2.76 bits per heavy atom. The summed E-state index contributed by atoms with van der Waals surface area (Å²) in [6.07, 6.45) is 4.62. The molecule has 2 fully saturated rings. The number of aliphatic imine (C=N–C) groups is 1. The van der Waals surface area contributed by atoms with E-state index in [4.69, 9.17) is 14.5 Å². The first-order valence-corrected chi connectivity index (χ1v) is 8.75. The largest absolute Gasteiger partial charge is 0.497 e. The number of rotatable bonds is 3. The maximum atomic E-state index is 5.93. The minimum Gasteiger partial charge on any atom is -0.497 e. The molecule has 0 spiro atoms. The number of anilines is 1. The third kappa shape index (κ3) is 2.57. The highest BCUT2D eigenvalue weighted by Crippen LogP contribution is 2.30. The minimum atomic E-state index is 0.339. The first kappa shape index (κ1) is 14.8. The summed E-state index contributed by atoms with van der Waals surface area (Å²) in [4.78, 5) is 16.0. The lowest BCUT2D eigenvalue weighted by molar-refractivity contribution is 0.0302. The second-order valence-corrected chi connectivity index (χ2v) is 6.81. The molecule has 1 aromatic heterocycles. The lowest BCUT2D eigenvalue weighted by Gasteiger charge is -2.33. The van der Waals surface area contributed by atoms with Crippen LogP contribution in [0.2, 0.25) is 0 Å². The van der Waals surface area contributed by atoms with Crippen LogP contribution in [0.15, 0.2) is 35.6 Å². The Morgan fingerprint density at radius 1 is 1.12 bits per heavy atom. The molecule has 4 heterocycles. The van der Waals surface area contributed by atoms with E-state index in [2.05, 4.69) is 27.0 Å². The predicted octanol–water partition coefficient (Wildman–Crippen LogP) is 2.20. The molecule has 6 nitrogen and oxygen atoms in total. The van der Waals surface area contributed by atoms with Crippen LogP contribution >= 0.6 is 0 Å². The molecule has 3 aliphatic heterocycles. The first-order valence-electron chi connectivity index (χ1n) is 8.75. The van der Waals surface area contributed by atoms with Gasteiger partial charge in [0.05, 0.1) is 37.3 Å². The van der Waals surface area contributed by atoms with E-state index in [9.17, 15) is 0 Å². The van der Waals surface area contributed by atoms with Gasteiger partial charge in [0.15, 0.2) is 0 Å². The third-order valence-electron chi connectivity index (χ3n) is 5.24. The Morgan fingerprint density at radius 2 is 1.96 bits per heavy atom. The molecule has 2 bridgehead atoms. The van der Waals surface area contributed by atoms with Gasteiger partial charge in [0.1, 0.15) is 17.9 Å². The zero-order valence-corrected chi connectivity index (χ0v) is 14.2. The van der Waals surface area contributed by atoms with Gasteiger partial charge in [-0.1, -0.05) is 6.07 Å². The highest BCUT2D eigenvalue weighted by molar-refractivity contribution is 6.14. The fourth-order valence-corrected chi connectivity index (χ4v) is 3.96. The highest BCUT2D eigenvalue weighted by atomic mass is 16.5. The molecule has 1 aromatic carbocycles. The molecule has 6 heteroatoms. The van der Waals surface area contributed by atoms with Crippen LogP contribution in [0.4, 0.5) is 5.82 Å². The average Bonchev–Trinajstić information content (AvgIpc) is 3.23. The summed E-state index contributed by atoms with van der Waals surface area (Å²) < 4.78 is 11.3. The Labute approximate surface area is 146 Å². The maximum absolute atomic E-state index is 5.93. The quantitative estimate of drug-likeness (QED) is 0.860. The van der Waals surface area contributed by atoms with Crippen molar-refractivity contribution in [1.29, 1.82) is 0 Å². The Hall–Kier alpha value is -2.47. The SMILES string of the molecule is COc1ccc2c(c1)C(c1cc(N3CC4CCC(C3)O4)ncn1)=NC2. The standard InChI is InChI=1S/C19H20N4O2/c1-24-13-3-2-12-8-20-19(16(12)6-13)17-7-18(22-11-21-17)23-9-14-4-5-15(10-23)25-14/h2-3,6-7,11,14-15H,4-5,8-10H2,1H3. The molecule has 2 saturated heterocycles. The van der Waals surface area contributed by atoms with E-state index in [0.717, 1.165) is 54.5 Å². The van der Waals surface area contributed by atoms with Gasteiger partial charge in [-0.3, -0.25) is 4.99 Å². The van der Waals surface area contributed by atoms with Crippen molar-refractivity contribution in [2.75, 3.05) is 25.1 Å². The van der Waals surface area contributed by atoms with Gasteiger partial charge >= 0.3 is 0 Å². The van der Waals surface area contributed by atoms with E-state index < -0.39 is 0 Å². The number of hydrogen-bond donors (Lipinski definition) is 0. The zero-order valence-electron chi connectivity index (χ0n) is 14.2. The summed E-state index contributed by atoms with van der Waals surface area (Å²) in [6.45, 7) is 2.50. The molecule has 25 heavy (non-hydrogen) atoms. The van der Waals surface area contributed by atoms with Gasteiger partial charge in [-0.05, 0) is 30.5 Å². The predicted molar refractivity (Wildman–Crippen MR) is 94.5 cm³/mol. The van der Waals surface area contributed by atoms with Crippen LogP contribution in [-0.4, -0.2) is 48.1 Å². The van der Waals surface area contributed by atoms with Gasteiger partial charge in [0.25, 0.3) is 0 Å². The molecule has 0 saturated carbocycles. The van der Waals surface area contributed by atoms with Crippen molar-refractivity contribution in [1.82, 2.24) is 9.97 Å². The first-order chi connectivity index (χ1) is 12.3.